The highest BCUT2D eigenvalue weighted by atomic mass is 35.5. The third-order valence-corrected chi connectivity index (χ3v) is 4.01. The third-order valence-electron chi connectivity index (χ3n) is 2.36. The number of pyridine rings is 1. The Morgan fingerprint density at radius 2 is 2.18 bits per heavy atom. The van der Waals surface area contributed by atoms with Crippen LogP contribution in [0, 0.1) is 0 Å². The van der Waals surface area contributed by atoms with Crippen molar-refractivity contribution < 1.29 is 0 Å². The number of nitrogens with zero attached hydrogens (tertiary/aromatic N) is 1. The highest BCUT2D eigenvalue weighted by molar-refractivity contribution is 7.10. The zero-order valence-corrected chi connectivity index (χ0v) is 11.6. The van der Waals surface area contributed by atoms with Gasteiger partial charge in [-0.25, -0.2) is 0 Å². The predicted octanol–water partition coefficient (Wildman–Crippen LogP) is 4.15. The number of thiophene rings is 1. The minimum Gasteiger partial charge on any atom is -0.305 e. The van der Waals surface area contributed by atoms with Crippen LogP contribution in [-0.2, 0) is 0 Å². The SMILES string of the molecule is CCNC(c1ccc(Cl)cn1)c1sccc1Cl. The summed E-state index contributed by atoms with van der Waals surface area (Å²) in [5, 5.41) is 6.78. The van der Waals surface area contributed by atoms with Gasteiger partial charge in [-0.15, -0.1) is 11.3 Å². The van der Waals surface area contributed by atoms with Crippen LogP contribution in [0.5, 0.6) is 0 Å². The molecule has 0 aliphatic carbocycles. The van der Waals surface area contributed by atoms with E-state index in [2.05, 4.69) is 17.2 Å². The van der Waals surface area contributed by atoms with Crippen LogP contribution in [0.15, 0.2) is 29.8 Å². The Labute approximate surface area is 115 Å². The molecule has 0 aliphatic heterocycles. The first-order valence-electron chi connectivity index (χ1n) is 5.30. The van der Waals surface area contributed by atoms with E-state index in [-0.39, 0.29) is 6.04 Å². The van der Waals surface area contributed by atoms with Gasteiger partial charge in [0.2, 0.25) is 0 Å². The van der Waals surface area contributed by atoms with Gasteiger partial charge < -0.3 is 5.32 Å². The average molecular weight is 287 g/mol. The summed E-state index contributed by atoms with van der Waals surface area (Å²) in [5.74, 6) is 0. The molecule has 1 unspecified atom stereocenters. The first-order chi connectivity index (χ1) is 8.22. The second kappa shape index (κ2) is 5.83. The van der Waals surface area contributed by atoms with Crippen LogP contribution in [0.3, 0.4) is 0 Å². The normalized spacial score (nSPS) is 12.6. The van der Waals surface area contributed by atoms with E-state index in [1.165, 1.54) is 0 Å². The van der Waals surface area contributed by atoms with Crippen LogP contribution in [0.25, 0.3) is 0 Å². The molecule has 0 aromatic carbocycles. The molecule has 2 aromatic rings. The van der Waals surface area contributed by atoms with Gasteiger partial charge >= 0.3 is 0 Å². The molecular weight excluding hydrogens is 275 g/mol. The maximum atomic E-state index is 6.17. The summed E-state index contributed by atoms with van der Waals surface area (Å²) in [6.45, 7) is 2.91. The fourth-order valence-corrected chi connectivity index (χ4v) is 2.97. The molecule has 0 saturated carbocycles. The molecule has 0 bridgehead atoms. The topological polar surface area (TPSA) is 24.9 Å². The molecule has 2 aromatic heterocycles. The molecule has 0 spiro atoms. The molecule has 0 aliphatic rings. The van der Waals surface area contributed by atoms with E-state index in [1.807, 2.05) is 23.6 Å². The summed E-state index contributed by atoms with van der Waals surface area (Å²) < 4.78 is 0. The Hall–Kier alpha value is -0.610. The minimum absolute atomic E-state index is 0.0322. The van der Waals surface area contributed by atoms with Gasteiger partial charge in [-0.2, -0.15) is 0 Å². The minimum atomic E-state index is 0.0322. The zero-order chi connectivity index (χ0) is 12.3. The van der Waals surface area contributed by atoms with Gasteiger partial charge in [0.15, 0.2) is 0 Å². The average Bonchev–Trinajstić information content (AvgIpc) is 2.74. The van der Waals surface area contributed by atoms with Crippen LogP contribution in [-0.4, -0.2) is 11.5 Å². The number of rotatable bonds is 4. The van der Waals surface area contributed by atoms with Crippen LogP contribution in [0.4, 0.5) is 0 Å². The molecule has 0 fully saturated rings. The van der Waals surface area contributed by atoms with Crippen molar-refractivity contribution >= 4 is 34.5 Å². The molecule has 5 heteroatoms. The van der Waals surface area contributed by atoms with Crippen LogP contribution >= 0.6 is 34.5 Å². The Kier molecular flexibility index (Phi) is 4.40. The van der Waals surface area contributed by atoms with E-state index in [1.54, 1.807) is 17.5 Å². The number of hydrogen-bond donors (Lipinski definition) is 1. The summed E-state index contributed by atoms with van der Waals surface area (Å²) in [4.78, 5) is 5.43. The highest BCUT2D eigenvalue weighted by Gasteiger charge is 2.18. The van der Waals surface area contributed by atoms with Crippen molar-refractivity contribution in [2.75, 3.05) is 6.54 Å². The lowest BCUT2D eigenvalue weighted by Crippen LogP contribution is -2.22. The van der Waals surface area contributed by atoms with E-state index < -0.39 is 0 Å². The Morgan fingerprint density at radius 3 is 2.71 bits per heavy atom. The molecule has 2 nitrogen and oxygen atoms in total. The number of nitrogens with one attached hydrogen (secondary N) is 1. The molecule has 90 valence electrons. The van der Waals surface area contributed by atoms with Crippen molar-refractivity contribution in [3.63, 3.8) is 0 Å². The van der Waals surface area contributed by atoms with Gasteiger partial charge in [-0.1, -0.05) is 30.1 Å². The van der Waals surface area contributed by atoms with Gasteiger partial charge in [0.1, 0.15) is 0 Å². The summed E-state index contributed by atoms with van der Waals surface area (Å²) in [6.07, 6.45) is 1.66. The number of aromatic nitrogens is 1. The lowest BCUT2D eigenvalue weighted by Gasteiger charge is -2.16. The lowest BCUT2D eigenvalue weighted by atomic mass is 10.1. The summed E-state index contributed by atoms with van der Waals surface area (Å²) in [6, 6.07) is 5.70. The van der Waals surface area contributed by atoms with E-state index in [0.29, 0.717) is 5.02 Å². The Bertz CT molecular complexity index is 482. The summed E-state index contributed by atoms with van der Waals surface area (Å²) in [7, 11) is 0. The molecular formula is C12H12Cl2N2S. The third kappa shape index (κ3) is 2.99. The smallest absolute Gasteiger partial charge is 0.0859 e. The predicted molar refractivity (Wildman–Crippen MR) is 74.1 cm³/mol. The largest absolute Gasteiger partial charge is 0.305 e. The fraction of sp³-hybridized carbons (Fsp3) is 0.250. The monoisotopic (exact) mass is 286 g/mol. The lowest BCUT2D eigenvalue weighted by molar-refractivity contribution is 0.624. The molecule has 2 heterocycles. The zero-order valence-electron chi connectivity index (χ0n) is 9.28. The molecule has 17 heavy (non-hydrogen) atoms. The van der Waals surface area contributed by atoms with Crippen LogP contribution in [0.2, 0.25) is 10.0 Å². The maximum Gasteiger partial charge on any atom is 0.0859 e. The molecule has 2 rings (SSSR count). The van der Waals surface area contributed by atoms with Crippen LogP contribution < -0.4 is 5.32 Å². The Balaban J connectivity index is 2.35. The maximum absolute atomic E-state index is 6.17. The van der Waals surface area contributed by atoms with Gasteiger partial charge in [0.05, 0.1) is 21.8 Å². The first-order valence-corrected chi connectivity index (χ1v) is 6.93. The van der Waals surface area contributed by atoms with Crippen molar-refractivity contribution in [1.82, 2.24) is 10.3 Å². The first kappa shape index (κ1) is 12.8. The van der Waals surface area contributed by atoms with Crippen molar-refractivity contribution in [1.29, 1.82) is 0 Å². The molecule has 1 N–H and O–H groups in total. The van der Waals surface area contributed by atoms with E-state index in [0.717, 1.165) is 22.1 Å². The quantitative estimate of drug-likeness (QED) is 0.913. The van der Waals surface area contributed by atoms with Crippen molar-refractivity contribution in [2.24, 2.45) is 0 Å². The second-order valence-corrected chi connectivity index (χ2v) is 5.32. The number of halogens is 2. The molecule has 0 saturated heterocycles. The van der Waals surface area contributed by atoms with E-state index in [4.69, 9.17) is 23.2 Å². The van der Waals surface area contributed by atoms with E-state index in [9.17, 15) is 0 Å². The fourth-order valence-electron chi connectivity index (χ4n) is 1.61. The van der Waals surface area contributed by atoms with Gasteiger partial charge in [0, 0.05) is 11.1 Å². The second-order valence-electron chi connectivity index (χ2n) is 3.52. The summed E-state index contributed by atoms with van der Waals surface area (Å²) in [5.41, 5.74) is 0.931. The van der Waals surface area contributed by atoms with Gasteiger partial charge in [-0.05, 0) is 30.1 Å². The highest BCUT2D eigenvalue weighted by Crippen LogP contribution is 2.32. The van der Waals surface area contributed by atoms with Crippen molar-refractivity contribution in [3.8, 4) is 0 Å². The van der Waals surface area contributed by atoms with Crippen LogP contribution in [0.1, 0.15) is 23.5 Å². The summed E-state index contributed by atoms with van der Waals surface area (Å²) >= 11 is 13.6. The standard InChI is InChI=1S/C12H12Cl2N2S/c1-2-15-11(12-9(14)5-6-17-12)10-4-3-8(13)7-16-10/h3-7,11,15H,2H2,1H3. The molecule has 0 amide bonds. The number of hydrogen-bond acceptors (Lipinski definition) is 3. The Morgan fingerprint density at radius 1 is 1.35 bits per heavy atom. The molecule has 1 atom stereocenters. The van der Waals surface area contributed by atoms with Gasteiger partial charge in [-0.3, -0.25) is 4.98 Å². The van der Waals surface area contributed by atoms with Crippen molar-refractivity contribution in [2.45, 2.75) is 13.0 Å². The molecule has 0 radical (unpaired) electrons. The van der Waals surface area contributed by atoms with Gasteiger partial charge in [0.25, 0.3) is 0 Å². The van der Waals surface area contributed by atoms with Crippen molar-refractivity contribution in [3.05, 3.63) is 50.4 Å². The van der Waals surface area contributed by atoms with E-state index >= 15 is 0 Å².